The molecule has 0 radical (unpaired) electrons. The van der Waals surface area contributed by atoms with Crippen molar-refractivity contribution in [1.29, 1.82) is 0 Å². The molecular formula is C26H25N7O5. The number of aromatic amines is 1. The van der Waals surface area contributed by atoms with Gasteiger partial charge in [-0.1, -0.05) is 5.16 Å². The third kappa shape index (κ3) is 3.79. The first-order valence-electron chi connectivity index (χ1n) is 12.7. The topological polar surface area (TPSA) is 162 Å². The minimum Gasteiger partial charge on any atom is -0.486 e. The number of likely N-dealkylation sites (tertiary alicyclic amines) is 1. The van der Waals surface area contributed by atoms with Crippen LogP contribution in [0.15, 0.2) is 34.9 Å². The lowest BCUT2D eigenvalue weighted by atomic mass is 9.82. The smallest absolute Gasteiger partial charge is 0.254 e. The first-order valence-corrected chi connectivity index (χ1v) is 12.7. The molecule has 1 spiro atoms. The molecule has 4 aromatic rings. The molecule has 2 aromatic heterocycles. The van der Waals surface area contributed by atoms with Gasteiger partial charge in [-0.05, 0) is 48.4 Å². The van der Waals surface area contributed by atoms with Gasteiger partial charge >= 0.3 is 0 Å². The van der Waals surface area contributed by atoms with E-state index in [0.717, 1.165) is 23.9 Å². The molecule has 2 fully saturated rings. The van der Waals surface area contributed by atoms with Gasteiger partial charge in [0.15, 0.2) is 11.5 Å². The predicted octanol–water partition coefficient (Wildman–Crippen LogP) is 2.82. The number of H-pyrrole nitrogens is 1. The lowest BCUT2D eigenvalue weighted by Gasteiger charge is -2.44. The van der Waals surface area contributed by atoms with Crippen molar-refractivity contribution >= 4 is 22.7 Å². The summed E-state index contributed by atoms with van der Waals surface area (Å²) >= 11 is 0. The van der Waals surface area contributed by atoms with E-state index in [1.165, 1.54) is 0 Å². The molecule has 3 aliphatic rings. The molecule has 0 bridgehead atoms. The van der Waals surface area contributed by atoms with Crippen LogP contribution < -0.4 is 15.2 Å². The zero-order valence-corrected chi connectivity index (χ0v) is 20.5. The largest absolute Gasteiger partial charge is 0.486 e. The number of ketones is 1. The fourth-order valence-corrected chi connectivity index (χ4v) is 5.50. The highest BCUT2D eigenvalue weighted by atomic mass is 16.5. The van der Waals surface area contributed by atoms with Gasteiger partial charge in [0.1, 0.15) is 18.1 Å². The van der Waals surface area contributed by atoms with Crippen molar-refractivity contribution in [3.63, 3.8) is 0 Å². The van der Waals surface area contributed by atoms with Crippen molar-refractivity contribution in [2.24, 2.45) is 5.73 Å². The molecule has 1 amide bonds. The van der Waals surface area contributed by atoms with E-state index in [1.54, 1.807) is 23.1 Å². The Bertz CT molecular complexity index is 1550. The maximum Gasteiger partial charge on any atom is 0.254 e. The number of nitrogens with zero attached hydrogens (tertiary/aromatic N) is 5. The Morgan fingerprint density at radius 2 is 2.05 bits per heavy atom. The summed E-state index contributed by atoms with van der Waals surface area (Å²) in [4.78, 5) is 28.5. The van der Waals surface area contributed by atoms with Gasteiger partial charge in [-0.2, -0.15) is 5.21 Å². The molecular weight excluding hydrogens is 490 g/mol. The summed E-state index contributed by atoms with van der Waals surface area (Å²) in [5.41, 5.74) is 8.07. The second kappa shape index (κ2) is 8.62. The van der Waals surface area contributed by atoms with Crippen LogP contribution in [-0.2, 0) is 0 Å². The second-order valence-corrected chi connectivity index (χ2v) is 10.1. The Kier molecular flexibility index (Phi) is 5.18. The number of Topliss-reactive ketones (excluding diaryl/α,β-unsaturated/α-hetero) is 1. The number of tetrazole rings is 1. The zero-order valence-electron chi connectivity index (χ0n) is 20.5. The van der Waals surface area contributed by atoms with E-state index in [4.69, 9.17) is 19.7 Å². The van der Waals surface area contributed by atoms with Gasteiger partial charge in [0.2, 0.25) is 11.4 Å². The van der Waals surface area contributed by atoms with Crippen LogP contribution in [0.3, 0.4) is 0 Å². The number of piperidine rings is 1. The van der Waals surface area contributed by atoms with Gasteiger partial charge in [0.25, 0.3) is 5.91 Å². The fourth-order valence-electron chi connectivity index (χ4n) is 5.50. The van der Waals surface area contributed by atoms with Gasteiger partial charge in [-0.3, -0.25) is 15.3 Å². The van der Waals surface area contributed by atoms with Crippen molar-refractivity contribution < 1.29 is 23.6 Å². The van der Waals surface area contributed by atoms with E-state index >= 15 is 0 Å². The second-order valence-electron chi connectivity index (χ2n) is 10.1. The highest BCUT2D eigenvalue weighted by molar-refractivity contribution is 6.02. The summed E-state index contributed by atoms with van der Waals surface area (Å²) in [6, 6.07) is 8.84. The van der Waals surface area contributed by atoms with Crippen LogP contribution in [0.25, 0.3) is 22.4 Å². The van der Waals surface area contributed by atoms with Crippen molar-refractivity contribution in [1.82, 2.24) is 30.7 Å². The number of ether oxygens (including phenoxy) is 2. The summed E-state index contributed by atoms with van der Waals surface area (Å²) in [6.07, 6.45) is 3.46. The zero-order chi connectivity index (χ0) is 25.9. The third-order valence-corrected chi connectivity index (χ3v) is 7.67. The number of rotatable bonds is 5. The SMILES string of the molecule is NCOc1cc(C(=O)N2CCC3(CC2)CC(=O)c2cc(-c4nn[nH]n4)ccc2O3)cc2c(C3CC3)noc12. The number of aromatic nitrogens is 5. The number of hydrogen-bond acceptors (Lipinski definition) is 10. The summed E-state index contributed by atoms with van der Waals surface area (Å²) < 4.78 is 17.5. The molecule has 194 valence electrons. The first-order chi connectivity index (χ1) is 18.5. The molecule has 1 saturated heterocycles. The number of nitrogens with one attached hydrogen (secondary N) is 1. The van der Waals surface area contributed by atoms with Crippen LogP contribution in [0.1, 0.15) is 64.4 Å². The Hall–Kier alpha value is -4.32. The molecule has 1 saturated carbocycles. The van der Waals surface area contributed by atoms with E-state index in [1.807, 2.05) is 12.1 Å². The fraction of sp³-hybridized carbons (Fsp3) is 0.385. The molecule has 38 heavy (non-hydrogen) atoms. The Labute approximate surface area is 216 Å². The first kappa shape index (κ1) is 22.8. The third-order valence-electron chi connectivity index (χ3n) is 7.67. The molecule has 2 aromatic carbocycles. The summed E-state index contributed by atoms with van der Waals surface area (Å²) in [5.74, 6) is 1.63. The van der Waals surface area contributed by atoms with Gasteiger partial charge in [0, 0.05) is 48.4 Å². The number of hydrogen-bond donors (Lipinski definition) is 2. The highest BCUT2D eigenvalue weighted by Crippen LogP contribution is 2.45. The highest BCUT2D eigenvalue weighted by Gasteiger charge is 2.44. The number of carbonyl (C=O) groups excluding carboxylic acids is 2. The van der Waals surface area contributed by atoms with Crippen LogP contribution >= 0.6 is 0 Å². The van der Waals surface area contributed by atoms with Crippen LogP contribution in [0.5, 0.6) is 11.5 Å². The van der Waals surface area contributed by atoms with Crippen LogP contribution in [0.4, 0.5) is 0 Å². The predicted molar refractivity (Wildman–Crippen MR) is 133 cm³/mol. The van der Waals surface area contributed by atoms with E-state index in [0.29, 0.717) is 71.4 Å². The lowest BCUT2D eigenvalue weighted by molar-refractivity contribution is -0.00570. The van der Waals surface area contributed by atoms with Crippen molar-refractivity contribution in [3.8, 4) is 22.9 Å². The van der Waals surface area contributed by atoms with Crippen LogP contribution in [0, 0.1) is 0 Å². The average Bonchev–Trinajstić information content (AvgIpc) is 3.43. The molecule has 12 heteroatoms. The molecule has 2 aliphatic heterocycles. The van der Waals surface area contributed by atoms with Crippen molar-refractivity contribution in [2.75, 3.05) is 19.8 Å². The Morgan fingerprint density at radius 3 is 2.79 bits per heavy atom. The monoisotopic (exact) mass is 515 g/mol. The van der Waals surface area contributed by atoms with Gasteiger partial charge < -0.3 is 18.9 Å². The van der Waals surface area contributed by atoms with Crippen molar-refractivity contribution in [2.45, 2.75) is 43.6 Å². The molecule has 7 rings (SSSR count). The number of benzene rings is 2. The molecule has 12 nitrogen and oxygen atoms in total. The maximum atomic E-state index is 13.6. The number of fused-ring (bicyclic) bond motifs is 2. The minimum atomic E-state index is -0.639. The normalized spacial score (nSPS) is 18.4. The quantitative estimate of drug-likeness (QED) is 0.378. The minimum absolute atomic E-state index is 0.00506. The molecule has 1 aliphatic carbocycles. The number of carbonyl (C=O) groups is 2. The molecule has 0 atom stereocenters. The van der Waals surface area contributed by atoms with Gasteiger partial charge in [-0.15, -0.1) is 10.2 Å². The van der Waals surface area contributed by atoms with E-state index in [-0.39, 0.29) is 24.8 Å². The Morgan fingerprint density at radius 1 is 1.21 bits per heavy atom. The lowest BCUT2D eigenvalue weighted by Crippen LogP contribution is -2.52. The van der Waals surface area contributed by atoms with Gasteiger partial charge in [0.05, 0.1) is 17.7 Å². The molecule has 4 heterocycles. The van der Waals surface area contributed by atoms with Crippen LogP contribution in [0.2, 0.25) is 0 Å². The van der Waals surface area contributed by atoms with E-state index in [9.17, 15) is 9.59 Å². The number of amides is 1. The Balaban J connectivity index is 1.10. The van der Waals surface area contributed by atoms with Crippen LogP contribution in [-0.4, -0.2) is 67.8 Å². The molecule has 3 N–H and O–H groups in total. The van der Waals surface area contributed by atoms with Crippen molar-refractivity contribution in [3.05, 3.63) is 47.2 Å². The van der Waals surface area contributed by atoms with E-state index in [2.05, 4.69) is 25.8 Å². The average molecular weight is 516 g/mol. The van der Waals surface area contributed by atoms with Gasteiger partial charge in [-0.25, -0.2) is 0 Å². The van der Waals surface area contributed by atoms with E-state index < -0.39 is 5.60 Å². The molecule has 0 unspecified atom stereocenters. The summed E-state index contributed by atoms with van der Waals surface area (Å²) in [7, 11) is 0. The number of nitrogens with two attached hydrogens (primary N) is 1. The summed E-state index contributed by atoms with van der Waals surface area (Å²) in [5, 5.41) is 19.0. The standard InChI is InChI=1S/C26H25N7O5/c27-13-36-21-11-16(10-18-22(14-1-2-14)30-38-23(18)21)25(35)33-7-5-26(6-8-33)12-19(34)17-9-15(3-4-20(17)37-26)24-28-31-32-29-24/h3-4,9-11,14H,1-2,5-8,12-13,27H2,(H,28,29,31,32). The maximum absolute atomic E-state index is 13.6. The summed E-state index contributed by atoms with van der Waals surface area (Å²) in [6.45, 7) is 0.890.